The first-order valence-corrected chi connectivity index (χ1v) is 11.7. The van der Waals surface area contributed by atoms with Crippen LogP contribution in [0.1, 0.15) is 30.5 Å². The van der Waals surface area contributed by atoms with Gasteiger partial charge in [0.25, 0.3) is 0 Å². The number of carbonyl (C=O) groups is 3. The van der Waals surface area contributed by atoms with E-state index >= 15 is 0 Å². The Labute approximate surface area is 211 Å². The Bertz CT molecular complexity index is 1130. The topological polar surface area (TPSA) is 118 Å². The second kappa shape index (κ2) is 11.9. The van der Waals surface area contributed by atoms with Gasteiger partial charge >= 0.3 is 0 Å². The fraction of sp³-hybridized carbons (Fsp3) is 0.423. The minimum Gasteiger partial charge on any atom is -0.493 e. The number of rotatable bonds is 9. The van der Waals surface area contributed by atoms with Gasteiger partial charge in [-0.05, 0) is 61.8 Å². The number of amides is 3. The standard InChI is InChI=1S/C26H34N4O6/c1-15(31)29-20-10-7-16-11-21(34-4)25(35-5)26(36-6)24(16)18-9-8-17(12-19(18)20)30(22(32)13-27-2)23(33)14-28-3/h8-9,11-12,20,27-28H,7,10,13-14H2,1-6H3,(H,29,31)/t20-/m0/s1. The molecule has 0 saturated heterocycles. The molecule has 0 radical (unpaired) electrons. The maximum atomic E-state index is 12.9. The first-order valence-electron chi connectivity index (χ1n) is 11.7. The molecule has 3 N–H and O–H groups in total. The third-order valence-corrected chi connectivity index (χ3v) is 6.08. The molecule has 0 heterocycles. The number of aryl methyl sites for hydroxylation is 1. The van der Waals surface area contributed by atoms with E-state index in [0.29, 0.717) is 35.8 Å². The summed E-state index contributed by atoms with van der Waals surface area (Å²) in [6.45, 7) is 1.46. The number of anilines is 1. The largest absolute Gasteiger partial charge is 0.493 e. The molecule has 2 aromatic carbocycles. The van der Waals surface area contributed by atoms with E-state index in [1.54, 1.807) is 47.6 Å². The van der Waals surface area contributed by atoms with Crippen LogP contribution in [0.4, 0.5) is 5.69 Å². The molecule has 3 rings (SSSR count). The van der Waals surface area contributed by atoms with Gasteiger partial charge in [0.15, 0.2) is 11.5 Å². The van der Waals surface area contributed by atoms with Gasteiger partial charge in [0, 0.05) is 12.5 Å². The average molecular weight is 499 g/mol. The number of nitrogens with one attached hydrogen (secondary N) is 3. The second-order valence-corrected chi connectivity index (χ2v) is 8.43. The summed E-state index contributed by atoms with van der Waals surface area (Å²) in [5.41, 5.74) is 3.80. The van der Waals surface area contributed by atoms with Crippen molar-refractivity contribution in [3.8, 4) is 28.4 Å². The van der Waals surface area contributed by atoms with Crippen LogP contribution in [-0.4, -0.2) is 66.2 Å². The van der Waals surface area contributed by atoms with Crippen molar-refractivity contribution in [3.05, 3.63) is 35.4 Å². The van der Waals surface area contributed by atoms with Crippen LogP contribution in [0, 0.1) is 0 Å². The number of likely N-dealkylation sites (N-methyl/N-ethyl adjacent to an activating group) is 2. The van der Waals surface area contributed by atoms with Gasteiger partial charge in [-0.1, -0.05) is 6.07 Å². The van der Waals surface area contributed by atoms with Crippen molar-refractivity contribution in [1.29, 1.82) is 0 Å². The molecular formula is C26H34N4O6. The number of fused-ring (bicyclic) bond motifs is 3. The smallest absolute Gasteiger partial charge is 0.247 e. The van der Waals surface area contributed by atoms with Crippen molar-refractivity contribution < 1.29 is 28.6 Å². The monoisotopic (exact) mass is 498 g/mol. The maximum Gasteiger partial charge on any atom is 0.247 e. The van der Waals surface area contributed by atoms with Crippen LogP contribution in [0.15, 0.2) is 24.3 Å². The molecule has 1 aliphatic carbocycles. The number of nitrogens with zero attached hydrogens (tertiary/aromatic N) is 1. The molecule has 3 amide bonds. The molecule has 0 fully saturated rings. The van der Waals surface area contributed by atoms with Gasteiger partial charge in [0.2, 0.25) is 23.5 Å². The normalized spacial score (nSPS) is 14.1. The minimum atomic E-state index is -0.383. The van der Waals surface area contributed by atoms with Crippen molar-refractivity contribution in [2.24, 2.45) is 0 Å². The maximum absolute atomic E-state index is 12.9. The fourth-order valence-corrected chi connectivity index (χ4v) is 4.64. The van der Waals surface area contributed by atoms with Gasteiger partial charge in [-0.2, -0.15) is 0 Å². The van der Waals surface area contributed by atoms with E-state index in [0.717, 1.165) is 27.2 Å². The highest BCUT2D eigenvalue weighted by Crippen LogP contribution is 2.50. The Hall–Kier alpha value is -3.63. The van der Waals surface area contributed by atoms with Gasteiger partial charge in [0.05, 0.1) is 46.1 Å². The number of ether oxygens (including phenoxy) is 3. The third-order valence-electron chi connectivity index (χ3n) is 6.08. The van der Waals surface area contributed by atoms with E-state index in [-0.39, 0.29) is 36.9 Å². The zero-order valence-electron chi connectivity index (χ0n) is 21.6. The van der Waals surface area contributed by atoms with E-state index in [4.69, 9.17) is 14.2 Å². The Morgan fingerprint density at radius 3 is 2.11 bits per heavy atom. The van der Waals surface area contributed by atoms with Crippen LogP contribution in [0.5, 0.6) is 17.2 Å². The highest BCUT2D eigenvalue weighted by Gasteiger charge is 2.31. The average Bonchev–Trinajstić information content (AvgIpc) is 2.99. The molecule has 0 spiro atoms. The molecule has 1 aliphatic rings. The predicted molar refractivity (Wildman–Crippen MR) is 137 cm³/mol. The van der Waals surface area contributed by atoms with Gasteiger partial charge < -0.3 is 30.2 Å². The highest BCUT2D eigenvalue weighted by atomic mass is 16.5. The summed E-state index contributed by atoms with van der Waals surface area (Å²) in [6, 6.07) is 6.94. The van der Waals surface area contributed by atoms with E-state index in [9.17, 15) is 14.4 Å². The summed E-state index contributed by atoms with van der Waals surface area (Å²) in [4.78, 5) is 39.1. The van der Waals surface area contributed by atoms with E-state index in [2.05, 4.69) is 16.0 Å². The summed E-state index contributed by atoms with van der Waals surface area (Å²) in [5.74, 6) is 0.573. The van der Waals surface area contributed by atoms with Crippen LogP contribution in [0.2, 0.25) is 0 Å². The third kappa shape index (κ3) is 5.29. The first-order chi connectivity index (χ1) is 17.3. The fourth-order valence-electron chi connectivity index (χ4n) is 4.64. The Morgan fingerprint density at radius 1 is 0.944 bits per heavy atom. The van der Waals surface area contributed by atoms with Gasteiger partial charge in [-0.3, -0.25) is 14.4 Å². The van der Waals surface area contributed by atoms with Crippen LogP contribution < -0.4 is 35.1 Å². The molecule has 1 atom stereocenters. The molecule has 10 nitrogen and oxygen atoms in total. The Kier molecular flexibility index (Phi) is 8.89. The van der Waals surface area contributed by atoms with Crippen molar-refractivity contribution in [1.82, 2.24) is 16.0 Å². The van der Waals surface area contributed by atoms with Crippen LogP contribution in [0.3, 0.4) is 0 Å². The molecule has 0 saturated carbocycles. The number of methoxy groups -OCH3 is 3. The molecular weight excluding hydrogens is 464 g/mol. The molecule has 0 unspecified atom stereocenters. The van der Waals surface area contributed by atoms with Crippen molar-refractivity contribution in [2.75, 3.05) is 53.4 Å². The molecule has 0 aromatic heterocycles. The lowest BCUT2D eigenvalue weighted by atomic mass is 9.93. The zero-order chi connectivity index (χ0) is 26.4. The summed E-state index contributed by atoms with van der Waals surface area (Å²) in [5, 5.41) is 8.65. The van der Waals surface area contributed by atoms with Crippen LogP contribution in [-0.2, 0) is 20.8 Å². The molecule has 0 bridgehead atoms. The minimum absolute atomic E-state index is 0.00465. The lowest BCUT2D eigenvalue weighted by Crippen LogP contribution is -2.45. The quantitative estimate of drug-likeness (QED) is 0.479. The Morgan fingerprint density at radius 2 is 1.58 bits per heavy atom. The van der Waals surface area contributed by atoms with Crippen LogP contribution in [0.25, 0.3) is 11.1 Å². The lowest BCUT2D eigenvalue weighted by Gasteiger charge is -2.25. The zero-order valence-corrected chi connectivity index (χ0v) is 21.6. The van der Waals surface area contributed by atoms with E-state index in [1.165, 1.54) is 6.92 Å². The molecule has 10 heteroatoms. The number of carbonyl (C=O) groups excluding carboxylic acids is 3. The number of benzene rings is 2. The summed E-state index contributed by atoms with van der Waals surface area (Å²) in [6.07, 6.45) is 1.22. The summed E-state index contributed by atoms with van der Waals surface area (Å²) >= 11 is 0. The van der Waals surface area contributed by atoms with E-state index in [1.807, 2.05) is 12.1 Å². The van der Waals surface area contributed by atoms with Crippen LogP contribution >= 0.6 is 0 Å². The van der Waals surface area contributed by atoms with Gasteiger partial charge in [-0.25, -0.2) is 4.90 Å². The number of hydrogen-bond acceptors (Lipinski definition) is 8. The Balaban J connectivity index is 2.29. The van der Waals surface area contributed by atoms with E-state index < -0.39 is 0 Å². The van der Waals surface area contributed by atoms with Crippen molar-refractivity contribution >= 4 is 23.4 Å². The summed E-state index contributed by atoms with van der Waals surface area (Å²) < 4.78 is 17.0. The lowest BCUT2D eigenvalue weighted by molar-refractivity contribution is -0.125. The highest BCUT2D eigenvalue weighted by molar-refractivity contribution is 6.16. The SMILES string of the molecule is CNCC(=O)N(C(=O)CNC)c1ccc2c(c1)[C@@H](NC(C)=O)CCc1cc(OC)c(OC)c(OC)c1-2. The van der Waals surface area contributed by atoms with Crippen molar-refractivity contribution in [3.63, 3.8) is 0 Å². The number of imide groups is 1. The summed E-state index contributed by atoms with van der Waals surface area (Å²) in [7, 11) is 7.98. The second-order valence-electron chi connectivity index (χ2n) is 8.43. The molecule has 2 aromatic rings. The molecule has 0 aliphatic heterocycles. The van der Waals surface area contributed by atoms with Gasteiger partial charge in [0.1, 0.15) is 0 Å². The van der Waals surface area contributed by atoms with Crippen molar-refractivity contribution in [2.45, 2.75) is 25.8 Å². The predicted octanol–water partition coefficient (Wildman–Crippen LogP) is 1.80. The first kappa shape index (κ1) is 27.0. The van der Waals surface area contributed by atoms with Gasteiger partial charge in [-0.15, -0.1) is 0 Å². The molecule has 36 heavy (non-hydrogen) atoms. The molecule has 194 valence electrons. The number of hydrogen-bond donors (Lipinski definition) is 3.